The van der Waals surface area contributed by atoms with Gasteiger partial charge in [-0.25, -0.2) is 0 Å². The van der Waals surface area contributed by atoms with E-state index in [-0.39, 0.29) is 17.4 Å². The van der Waals surface area contributed by atoms with Crippen molar-refractivity contribution in [3.8, 4) is 0 Å². The van der Waals surface area contributed by atoms with Gasteiger partial charge in [0.25, 0.3) is 0 Å². The Kier molecular flexibility index (Phi) is 3.70. The lowest BCUT2D eigenvalue weighted by Gasteiger charge is -2.57. The summed E-state index contributed by atoms with van der Waals surface area (Å²) >= 11 is 0. The zero-order chi connectivity index (χ0) is 14.9. The minimum Gasteiger partial charge on any atom is -0.351 e. The Balaban J connectivity index is 1.67. The van der Waals surface area contributed by atoms with Crippen molar-refractivity contribution in [3.05, 3.63) is 35.9 Å². The van der Waals surface area contributed by atoms with Crippen LogP contribution in [0.25, 0.3) is 0 Å². The molecule has 1 aliphatic carbocycles. The molecular weight excluding hydrogens is 264 g/mol. The maximum Gasteiger partial charge on any atom is 0.237 e. The summed E-state index contributed by atoms with van der Waals surface area (Å²) in [5, 5.41) is 2.94. The second-order valence-electron chi connectivity index (χ2n) is 6.20. The van der Waals surface area contributed by atoms with Gasteiger partial charge < -0.3 is 10.2 Å². The lowest BCUT2D eigenvalue weighted by Crippen LogP contribution is -2.73. The summed E-state index contributed by atoms with van der Waals surface area (Å²) in [6.07, 6.45) is 5.35. The van der Waals surface area contributed by atoms with Crippen LogP contribution < -0.4 is 5.32 Å². The van der Waals surface area contributed by atoms with Gasteiger partial charge in [-0.3, -0.25) is 9.59 Å². The summed E-state index contributed by atoms with van der Waals surface area (Å²) in [5.74, 6) is -0.613. The van der Waals surface area contributed by atoms with Crippen molar-refractivity contribution in [3.63, 3.8) is 0 Å². The van der Waals surface area contributed by atoms with E-state index in [0.717, 1.165) is 31.2 Å². The number of nitrogens with zero attached hydrogens (tertiary/aromatic N) is 1. The highest BCUT2D eigenvalue weighted by molar-refractivity contribution is 6.06. The van der Waals surface area contributed by atoms with E-state index in [0.29, 0.717) is 6.54 Å². The van der Waals surface area contributed by atoms with Gasteiger partial charge in [0.05, 0.1) is 5.54 Å². The molecule has 3 rings (SSSR count). The van der Waals surface area contributed by atoms with Crippen LogP contribution in [0.4, 0.5) is 0 Å². The van der Waals surface area contributed by atoms with Gasteiger partial charge in [0, 0.05) is 13.6 Å². The van der Waals surface area contributed by atoms with E-state index in [1.165, 1.54) is 6.42 Å². The third-order valence-electron chi connectivity index (χ3n) is 5.07. The van der Waals surface area contributed by atoms with E-state index in [4.69, 9.17) is 0 Å². The first kappa shape index (κ1) is 14.1. The second-order valence-corrected chi connectivity index (χ2v) is 6.20. The van der Waals surface area contributed by atoms with Crippen molar-refractivity contribution in [2.75, 3.05) is 7.05 Å². The second kappa shape index (κ2) is 5.51. The summed E-state index contributed by atoms with van der Waals surface area (Å²) in [4.78, 5) is 26.4. The molecule has 1 spiro atoms. The fraction of sp³-hybridized carbons (Fsp3) is 0.529. The van der Waals surface area contributed by atoms with Crippen LogP contribution in [0, 0.1) is 5.92 Å². The van der Waals surface area contributed by atoms with Gasteiger partial charge >= 0.3 is 0 Å². The third-order valence-corrected chi connectivity index (χ3v) is 5.07. The topological polar surface area (TPSA) is 49.4 Å². The van der Waals surface area contributed by atoms with Crippen LogP contribution in [0.15, 0.2) is 30.3 Å². The van der Waals surface area contributed by atoms with Gasteiger partial charge in [0.1, 0.15) is 5.92 Å². The van der Waals surface area contributed by atoms with Crippen LogP contribution in [0.2, 0.25) is 0 Å². The van der Waals surface area contributed by atoms with Crippen LogP contribution in [0.5, 0.6) is 0 Å². The van der Waals surface area contributed by atoms with E-state index in [9.17, 15) is 9.59 Å². The van der Waals surface area contributed by atoms with Gasteiger partial charge in [-0.1, -0.05) is 49.6 Å². The molecule has 0 radical (unpaired) electrons. The highest BCUT2D eigenvalue weighted by Gasteiger charge is 2.61. The number of hydrogen-bond acceptors (Lipinski definition) is 2. The summed E-state index contributed by atoms with van der Waals surface area (Å²) in [6, 6.07) is 9.81. The van der Waals surface area contributed by atoms with Crippen LogP contribution >= 0.6 is 0 Å². The van der Waals surface area contributed by atoms with E-state index in [2.05, 4.69) is 5.32 Å². The van der Waals surface area contributed by atoms with Gasteiger partial charge in [0.2, 0.25) is 11.8 Å². The predicted molar refractivity (Wildman–Crippen MR) is 80.4 cm³/mol. The normalized spacial score (nSPS) is 23.8. The Morgan fingerprint density at radius 2 is 1.90 bits per heavy atom. The average molecular weight is 286 g/mol. The molecule has 1 aromatic carbocycles. The smallest absolute Gasteiger partial charge is 0.237 e. The number of rotatable bonds is 3. The van der Waals surface area contributed by atoms with Crippen molar-refractivity contribution >= 4 is 11.8 Å². The fourth-order valence-corrected chi connectivity index (χ4v) is 3.80. The molecule has 2 fully saturated rings. The molecule has 1 aliphatic heterocycles. The highest BCUT2D eigenvalue weighted by Crippen LogP contribution is 2.47. The Morgan fingerprint density at radius 3 is 2.57 bits per heavy atom. The molecule has 1 aromatic rings. The highest BCUT2D eigenvalue weighted by atomic mass is 16.2. The van der Waals surface area contributed by atoms with Crippen LogP contribution in [-0.2, 0) is 16.1 Å². The monoisotopic (exact) mass is 286 g/mol. The molecule has 21 heavy (non-hydrogen) atoms. The molecule has 2 amide bonds. The average Bonchev–Trinajstić information content (AvgIpc) is 2.54. The van der Waals surface area contributed by atoms with Gasteiger partial charge in [0.15, 0.2) is 0 Å². The predicted octanol–water partition coefficient (Wildman–Crippen LogP) is 2.09. The molecule has 1 atom stereocenters. The minimum absolute atomic E-state index is 0.0255. The lowest BCUT2D eigenvalue weighted by molar-refractivity contribution is -0.176. The van der Waals surface area contributed by atoms with Crippen molar-refractivity contribution in [1.29, 1.82) is 0 Å². The molecule has 1 heterocycles. The van der Waals surface area contributed by atoms with Gasteiger partial charge in [-0.15, -0.1) is 0 Å². The number of benzene rings is 1. The number of β-lactam (4-membered cyclic amide) rings is 1. The molecule has 4 heteroatoms. The third kappa shape index (κ3) is 2.33. The van der Waals surface area contributed by atoms with E-state index >= 15 is 0 Å². The van der Waals surface area contributed by atoms with Crippen molar-refractivity contribution < 1.29 is 9.59 Å². The molecular formula is C17H22N2O2. The molecule has 1 saturated carbocycles. The molecule has 1 unspecified atom stereocenters. The molecule has 0 aromatic heterocycles. The SMILES string of the molecule is CN1C(=O)C(C(=O)NCc2ccccc2)C12CCCCC2. The summed E-state index contributed by atoms with van der Waals surface area (Å²) in [7, 11) is 1.84. The van der Waals surface area contributed by atoms with E-state index < -0.39 is 5.92 Å². The molecule has 2 aliphatic rings. The van der Waals surface area contributed by atoms with E-state index in [1.807, 2.05) is 37.4 Å². The maximum atomic E-state index is 12.5. The van der Waals surface area contributed by atoms with Crippen molar-refractivity contribution in [2.45, 2.75) is 44.2 Å². The standard InChI is InChI=1S/C17H22N2O2/c1-19-16(21)14(17(19)10-6-3-7-11-17)15(20)18-12-13-8-4-2-5-9-13/h2,4-5,8-9,14H,3,6-7,10-12H2,1H3,(H,18,20). The minimum atomic E-state index is -0.480. The van der Waals surface area contributed by atoms with E-state index in [1.54, 1.807) is 4.90 Å². The Bertz CT molecular complexity index is 535. The molecule has 112 valence electrons. The van der Waals surface area contributed by atoms with Crippen molar-refractivity contribution in [1.82, 2.24) is 10.2 Å². The number of nitrogens with one attached hydrogen (secondary N) is 1. The van der Waals surface area contributed by atoms with Crippen LogP contribution in [-0.4, -0.2) is 29.3 Å². The first-order valence-electron chi connectivity index (χ1n) is 7.74. The summed E-state index contributed by atoms with van der Waals surface area (Å²) < 4.78 is 0. The van der Waals surface area contributed by atoms with Crippen molar-refractivity contribution in [2.24, 2.45) is 5.92 Å². The zero-order valence-electron chi connectivity index (χ0n) is 12.5. The first-order chi connectivity index (χ1) is 10.1. The molecule has 1 saturated heterocycles. The number of carbonyl (C=O) groups is 2. The lowest BCUT2D eigenvalue weighted by atomic mass is 9.64. The number of carbonyl (C=O) groups excluding carboxylic acids is 2. The Labute approximate surface area is 125 Å². The first-order valence-corrected chi connectivity index (χ1v) is 7.74. The Hall–Kier alpha value is -1.84. The van der Waals surface area contributed by atoms with Gasteiger partial charge in [-0.05, 0) is 18.4 Å². The van der Waals surface area contributed by atoms with Crippen LogP contribution in [0.1, 0.15) is 37.7 Å². The van der Waals surface area contributed by atoms with Crippen LogP contribution in [0.3, 0.4) is 0 Å². The zero-order valence-corrected chi connectivity index (χ0v) is 12.5. The number of amides is 2. The fourth-order valence-electron chi connectivity index (χ4n) is 3.80. The molecule has 1 N–H and O–H groups in total. The largest absolute Gasteiger partial charge is 0.351 e. The quantitative estimate of drug-likeness (QED) is 0.683. The maximum absolute atomic E-state index is 12.5. The summed E-state index contributed by atoms with van der Waals surface area (Å²) in [6.45, 7) is 0.489. The molecule has 4 nitrogen and oxygen atoms in total. The number of hydrogen-bond donors (Lipinski definition) is 1. The molecule has 0 bridgehead atoms. The van der Waals surface area contributed by atoms with Gasteiger partial charge in [-0.2, -0.15) is 0 Å². The number of likely N-dealkylation sites (tertiary alicyclic amines) is 1. The summed E-state index contributed by atoms with van der Waals surface area (Å²) in [5.41, 5.74) is 0.847. The Morgan fingerprint density at radius 1 is 1.24 bits per heavy atom.